The Morgan fingerprint density at radius 2 is 1.94 bits per heavy atom. The summed E-state index contributed by atoms with van der Waals surface area (Å²) >= 11 is 0. The van der Waals surface area contributed by atoms with Gasteiger partial charge in [0.1, 0.15) is 17.0 Å². The zero-order valence-corrected chi connectivity index (χ0v) is 21.3. The van der Waals surface area contributed by atoms with Gasteiger partial charge in [-0.2, -0.15) is 0 Å². The smallest absolute Gasteiger partial charge is 0.243 e. The van der Waals surface area contributed by atoms with Gasteiger partial charge in [0, 0.05) is 18.4 Å². The number of nitrogens with one attached hydrogen (secondary N) is 1. The van der Waals surface area contributed by atoms with Crippen LogP contribution in [-0.2, 0) is 23.4 Å². The highest BCUT2D eigenvalue weighted by Crippen LogP contribution is 2.66. The zero-order chi connectivity index (χ0) is 25.3. The third-order valence-electron chi connectivity index (χ3n) is 9.74. The summed E-state index contributed by atoms with van der Waals surface area (Å²) in [6.07, 6.45) is 13.0. The highest BCUT2D eigenvalue weighted by Gasteiger charge is 2.63. The average Bonchev–Trinajstić information content (AvgIpc) is 3.46. The largest absolute Gasteiger partial charge is 0.508 e. The van der Waals surface area contributed by atoms with Gasteiger partial charge >= 0.3 is 0 Å². The van der Waals surface area contributed by atoms with E-state index >= 15 is 0 Å². The molecule has 1 amide bonds. The van der Waals surface area contributed by atoms with Crippen molar-refractivity contribution in [1.82, 2.24) is 20.5 Å². The number of nitrogens with zero attached hydrogens (tertiary/aromatic N) is 3. The van der Waals surface area contributed by atoms with E-state index in [-0.39, 0.29) is 11.3 Å². The second-order valence-electron chi connectivity index (χ2n) is 11.6. The first kappa shape index (κ1) is 25.2. The van der Waals surface area contributed by atoms with Crippen molar-refractivity contribution in [2.75, 3.05) is 0 Å². The molecule has 196 valence electrons. The van der Waals surface area contributed by atoms with Crippen molar-refractivity contribution in [3.63, 3.8) is 0 Å². The topological polar surface area (TPSA) is 120 Å². The van der Waals surface area contributed by atoms with E-state index in [1.165, 1.54) is 11.1 Å². The number of fused-ring (bicyclic) bond motifs is 5. The summed E-state index contributed by atoms with van der Waals surface area (Å²) in [6, 6.07) is 5.90. The van der Waals surface area contributed by atoms with Gasteiger partial charge in [-0.1, -0.05) is 37.5 Å². The Morgan fingerprint density at radius 1 is 1.14 bits per heavy atom. The lowest BCUT2D eigenvalue weighted by atomic mass is 9.53. The molecule has 3 aliphatic carbocycles. The molecule has 2 aromatic rings. The molecule has 1 heterocycles. The molecule has 8 heteroatoms. The van der Waals surface area contributed by atoms with Crippen molar-refractivity contribution in [3.8, 4) is 5.75 Å². The van der Waals surface area contributed by atoms with Crippen LogP contribution in [0.3, 0.4) is 0 Å². The van der Waals surface area contributed by atoms with Gasteiger partial charge in [-0.3, -0.25) is 14.7 Å². The first-order valence-electron chi connectivity index (χ1n) is 13.7. The fourth-order valence-electron chi connectivity index (χ4n) is 7.75. The highest BCUT2D eigenvalue weighted by atomic mass is 16.5. The molecule has 0 bridgehead atoms. The van der Waals surface area contributed by atoms with Gasteiger partial charge in [-0.25, -0.2) is 5.48 Å². The molecule has 0 radical (unpaired) electrons. The lowest BCUT2D eigenvalue weighted by molar-refractivity contribution is -0.129. The third kappa shape index (κ3) is 4.43. The van der Waals surface area contributed by atoms with Crippen LogP contribution in [0.25, 0.3) is 0 Å². The number of aromatic nitrogens is 3. The minimum Gasteiger partial charge on any atom is -0.508 e. The van der Waals surface area contributed by atoms with Crippen LogP contribution in [-0.4, -0.2) is 36.3 Å². The molecule has 0 saturated heterocycles. The summed E-state index contributed by atoms with van der Waals surface area (Å²) in [5, 5.41) is 39.4. The number of hydroxylamine groups is 1. The van der Waals surface area contributed by atoms with Gasteiger partial charge in [0.25, 0.3) is 0 Å². The number of rotatable bonds is 9. The summed E-state index contributed by atoms with van der Waals surface area (Å²) in [7, 11) is 0. The number of hydrogen-bond donors (Lipinski definition) is 4. The number of carbonyl (C=O) groups is 1. The molecule has 36 heavy (non-hydrogen) atoms. The van der Waals surface area contributed by atoms with Gasteiger partial charge in [-0.05, 0) is 92.4 Å². The number of hydrogen-bond acceptors (Lipinski definition) is 6. The predicted octanol–water partition coefficient (Wildman–Crippen LogP) is 4.57. The minimum atomic E-state index is -0.941. The molecule has 4 N–H and O–H groups in total. The van der Waals surface area contributed by atoms with Gasteiger partial charge in [0.15, 0.2) is 0 Å². The second kappa shape index (κ2) is 10.1. The standard InChI is InChI=1S/C28H40N4O4/c1-27-14-12-22-21-11-9-20(33)17-19(21)8-10-23(22)24(27)13-15-28(27,35)25-18-32(31-29-25)16-6-4-2-3-5-7-26(34)30-36/h9,11,17-18,22-24,33,35-36H,2-8,10,12-16H2,1H3,(H,30,34)/t22-,23-,24+,27+,28-/m1/s1. The third-order valence-corrected chi connectivity index (χ3v) is 9.74. The normalized spacial score (nSPS) is 30.9. The zero-order valence-electron chi connectivity index (χ0n) is 21.3. The number of aryl methyl sites for hydroxylation is 2. The number of carbonyl (C=O) groups excluding carboxylic acids is 1. The fourth-order valence-corrected chi connectivity index (χ4v) is 7.75. The first-order chi connectivity index (χ1) is 17.4. The molecule has 2 saturated carbocycles. The van der Waals surface area contributed by atoms with E-state index in [0.29, 0.717) is 29.9 Å². The Labute approximate surface area is 213 Å². The summed E-state index contributed by atoms with van der Waals surface area (Å²) in [4.78, 5) is 11.1. The number of amides is 1. The molecule has 5 atom stereocenters. The Morgan fingerprint density at radius 3 is 2.78 bits per heavy atom. The van der Waals surface area contributed by atoms with E-state index in [2.05, 4.69) is 23.3 Å². The lowest BCUT2D eigenvalue weighted by Gasteiger charge is -2.52. The molecular weight excluding hydrogens is 456 g/mol. The summed E-state index contributed by atoms with van der Waals surface area (Å²) in [5.74, 6) is 1.57. The second-order valence-corrected chi connectivity index (χ2v) is 11.6. The molecule has 0 unspecified atom stereocenters. The van der Waals surface area contributed by atoms with Crippen molar-refractivity contribution in [2.45, 2.75) is 102 Å². The van der Waals surface area contributed by atoms with Crippen molar-refractivity contribution >= 4 is 5.91 Å². The van der Waals surface area contributed by atoms with Crippen LogP contribution in [0.4, 0.5) is 0 Å². The molecule has 0 aliphatic heterocycles. The maximum Gasteiger partial charge on any atom is 0.243 e. The van der Waals surface area contributed by atoms with Crippen LogP contribution in [0.15, 0.2) is 24.4 Å². The molecule has 3 aliphatic rings. The maximum atomic E-state index is 12.1. The maximum absolute atomic E-state index is 12.1. The van der Waals surface area contributed by atoms with Gasteiger partial charge < -0.3 is 10.2 Å². The Kier molecular flexibility index (Phi) is 7.10. The summed E-state index contributed by atoms with van der Waals surface area (Å²) in [5.41, 5.74) is 3.95. The van der Waals surface area contributed by atoms with E-state index in [1.807, 2.05) is 23.0 Å². The lowest BCUT2D eigenvalue weighted by Crippen LogP contribution is -2.49. The van der Waals surface area contributed by atoms with Crippen LogP contribution < -0.4 is 5.48 Å². The number of aromatic hydroxyl groups is 1. The first-order valence-corrected chi connectivity index (χ1v) is 13.7. The molecule has 1 aromatic carbocycles. The Bertz CT molecular complexity index is 1090. The Hall–Kier alpha value is -2.45. The van der Waals surface area contributed by atoms with Crippen LogP contribution >= 0.6 is 0 Å². The molecular formula is C28H40N4O4. The van der Waals surface area contributed by atoms with E-state index in [1.54, 1.807) is 5.48 Å². The Balaban J connectivity index is 1.20. The quantitative estimate of drug-likeness (QED) is 0.229. The number of unbranched alkanes of at least 4 members (excludes halogenated alkanes) is 4. The summed E-state index contributed by atoms with van der Waals surface area (Å²) < 4.78 is 1.87. The molecule has 5 rings (SSSR count). The van der Waals surface area contributed by atoms with E-state index < -0.39 is 5.60 Å². The van der Waals surface area contributed by atoms with E-state index in [0.717, 1.165) is 82.9 Å². The molecule has 8 nitrogen and oxygen atoms in total. The van der Waals surface area contributed by atoms with Gasteiger partial charge in [0.2, 0.25) is 5.91 Å². The minimum absolute atomic E-state index is 0.204. The number of aliphatic hydroxyl groups is 1. The van der Waals surface area contributed by atoms with Crippen molar-refractivity contribution in [1.29, 1.82) is 0 Å². The highest BCUT2D eigenvalue weighted by molar-refractivity contribution is 5.74. The van der Waals surface area contributed by atoms with Crippen LogP contribution in [0.5, 0.6) is 5.75 Å². The molecule has 0 spiro atoms. The van der Waals surface area contributed by atoms with E-state index in [4.69, 9.17) is 5.21 Å². The number of phenols is 1. The van der Waals surface area contributed by atoms with Crippen molar-refractivity contribution < 1.29 is 20.2 Å². The number of benzene rings is 1. The molecule has 2 fully saturated rings. The molecule has 1 aromatic heterocycles. The number of phenolic OH excluding ortho intramolecular Hbond substituents is 1. The monoisotopic (exact) mass is 496 g/mol. The van der Waals surface area contributed by atoms with Crippen LogP contribution in [0, 0.1) is 17.3 Å². The van der Waals surface area contributed by atoms with E-state index in [9.17, 15) is 15.0 Å². The van der Waals surface area contributed by atoms with Gasteiger partial charge in [-0.15, -0.1) is 5.10 Å². The SMILES string of the molecule is C[C@]12CC[C@@H]3c4ccc(O)cc4CC[C@H]3[C@@H]1CC[C@@]2(O)c1cn(CCCCCCCC(=O)NO)nn1. The van der Waals surface area contributed by atoms with Crippen molar-refractivity contribution in [3.05, 3.63) is 41.2 Å². The predicted molar refractivity (Wildman–Crippen MR) is 134 cm³/mol. The van der Waals surface area contributed by atoms with Gasteiger partial charge in [0.05, 0.1) is 6.20 Å². The van der Waals surface area contributed by atoms with Crippen LogP contribution in [0.1, 0.15) is 100 Å². The van der Waals surface area contributed by atoms with Crippen molar-refractivity contribution in [2.24, 2.45) is 17.3 Å². The van der Waals surface area contributed by atoms with Crippen LogP contribution in [0.2, 0.25) is 0 Å². The summed E-state index contributed by atoms with van der Waals surface area (Å²) in [6.45, 7) is 3.05. The fraction of sp³-hybridized carbons (Fsp3) is 0.679. The average molecular weight is 497 g/mol.